The van der Waals surface area contributed by atoms with E-state index in [1.807, 2.05) is 0 Å². The van der Waals surface area contributed by atoms with Gasteiger partial charge in [0.15, 0.2) is 0 Å². The smallest absolute Gasteiger partial charge is 0.238 e. The number of hydrogen-bond donors (Lipinski definition) is 2. The summed E-state index contributed by atoms with van der Waals surface area (Å²) in [4.78, 5) is 14.1. The van der Waals surface area contributed by atoms with Crippen molar-refractivity contribution in [2.24, 2.45) is 5.92 Å². The van der Waals surface area contributed by atoms with Gasteiger partial charge in [0.1, 0.15) is 0 Å². The normalized spacial score (nSPS) is 19.9. The molecule has 1 aliphatic heterocycles. The lowest BCUT2D eigenvalue weighted by Crippen LogP contribution is -2.41. The fourth-order valence-electron chi connectivity index (χ4n) is 2.44. The van der Waals surface area contributed by atoms with E-state index >= 15 is 0 Å². The molecule has 20 heavy (non-hydrogen) atoms. The van der Waals surface area contributed by atoms with Crippen LogP contribution in [0.3, 0.4) is 0 Å². The molecule has 2 rings (SSSR count). The molecule has 0 spiro atoms. The Kier molecular flexibility index (Phi) is 5.66. The van der Waals surface area contributed by atoms with Gasteiger partial charge in [0.25, 0.3) is 0 Å². The van der Waals surface area contributed by atoms with Crippen LogP contribution in [0.2, 0.25) is 10.0 Å². The average Bonchev–Trinajstić information content (AvgIpc) is 2.44. The van der Waals surface area contributed by atoms with Crippen LogP contribution in [0.15, 0.2) is 18.2 Å². The molecule has 1 aromatic carbocycles. The number of rotatable bonds is 4. The quantitative estimate of drug-likeness (QED) is 0.897. The number of carbonyl (C=O) groups is 1. The van der Waals surface area contributed by atoms with Crippen LogP contribution in [-0.4, -0.2) is 42.2 Å². The van der Waals surface area contributed by atoms with Crippen molar-refractivity contribution in [1.29, 1.82) is 0 Å². The van der Waals surface area contributed by atoms with Crippen LogP contribution < -0.4 is 5.32 Å². The largest absolute Gasteiger partial charge is 0.396 e. The molecule has 1 aliphatic rings. The molecule has 6 heteroatoms. The number of carbonyl (C=O) groups excluding carboxylic acids is 1. The van der Waals surface area contributed by atoms with Crippen molar-refractivity contribution in [1.82, 2.24) is 4.90 Å². The fourth-order valence-corrected chi connectivity index (χ4v) is 2.78. The maximum absolute atomic E-state index is 12.0. The van der Waals surface area contributed by atoms with E-state index in [-0.39, 0.29) is 18.4 Å². The zero-order valence-electron chi connectivity index (χ0n) is 11.1. The molecule has 1 saturated heterocycles. The number of aliphatic hydroxyl groups excluding tert-OH is 1. The molecule has 0 radical (unpaired) electrons. The van der Waals surface area contributed by atoms with Gasteiger partial charge in [0, 0.05) is 13.2 Å². The highest BCUT2D eigenvalue weighted by atomic mass is 35.5. The summed E-state index contributed by atoms with van der Waals surface area (Å²) in [6, 6.07) is 5.14. The summed E-state index contributed by atoms with van der Waals surface area (Å²) in [5.41, 5.74) is 0.528. The van der Waals surface area contributed by atoms with E-state index in [4.69, 9.17) is 23.2 Å². The molecule has 1 heterocycles. The number of benzene rings is 1. The highest BCUT2D eigenvalue weighted by Gasteiger charge is 2.21. The van der Waals surface area contributed by atoms with Crippen LogP contribution in [0.4, 0.5) is 5.69 Å². The molecular formula is C14H18Cl2N2O2. The maximum Gasteiger partial charge on any atom is 0.238 e. The SMILES string of the molecule is O=C(CN1CCCC(CO)C1)Nc1cccc(Cl)c1Cl. The topological polar surface area (TPSA) is 52.6 Å². The predicted molar refractivity (Wildman–Crippen MR) is 81.3 cm³/mol. The number of nitrogens with zero attached hydrogens (tertiary/aromatic N) is 1. The van der Waals surface area contributed by atoms with Gasteiger partial charge < -0.3 is 10.4 Å². The minimum absolute atomic E-state index is 0.118. The van der Waals surface area contributed by atoms with Crippen molar-refractivity contribution in [3.63, 3.8) is 0 Å². The highest BCUT2D eigenvalue weighted by Crippen LogP contribution is 2.29. The minimum Gasteiger partial charge on any atom is -0.396 e. The molecule has 0 bridgehead atoms. The highest BCUT2D eigenvalue weighted by molar-refractivity contribution is 6.43. The fraction of sp³-hybridized carbons (Fsp3) is 0.500. The lowest BCUT2D eigenvalue weighted by molar-refractivity contribution is -0.117. The van der Waals surface area contributed by atoms with Crippen LogP contribution in [0.1, 0.15) is 12.8 Å². The molecular weight excluding hydrogens is 299 g/mol. The molecule has 1 unspecified atom stereocenters. The van der Waals surface area contributed by atoms with Gasteiger partial charge >= 0.3 is 0 Å². The molecule has 0 saturated carbocycles. The Balaban J connectivity index is 1.90. The number of hydrogen-bond acceptors (Lipinski definition) is 3. The van der Waals surface area contributed by atoms with Crippen LogP contribution >= 0.6 is 23.2 Å². The summed E-state index contributed by atoms with van der Waals surface area (Å²) in [7, 11) is 0. The van der Waals surface area contributed by atoms with Crippen molar-refractivity contribution < 1.29 is 9.90 Å². The van der Waals surface area contributed by atoms with Gasteiger partial charge in [-0.2, -0.15) is 0 Å². The standard InChI is InChI=1S/C14H18Cl2N2O2/c15-11-4-1-5-12(14(11)16)17-13(20)8-18-6-2-3-10(7-18)9-19/h1,4-5,10,19H,2-3,6-9H2,(H,17,20). The molecule has 1 atom stereocenters. The summed E-state index contributed by atoms with van der Waals surface area (Å²) in [5.74, 6) is 0.152. The monoisotopic (exact) mass is 316 g/mol. The van der Waals surface area contributed by atoms with Crippen molar-refractivity contribution in [3.05, 3.63) is 28.2 Å². The third-order valence-corrected chi connectivity index (χ3v) is 4.27. The Morgan fingerprint density at radius 3 is 3.00 bits per heavy atom. The van der Waals surface area contributed by atoms with Gasteiger partial charge in [-0.15, -0.1) is 0 Å². The van der Waals surface area contributed by atoms with Gasteiger partial charge in [-0.3, -0.25) is 9.69 Å². The van der Waals surface area contributed by atoms with E-state index in [1.54, 1.807) is 18.2 Å². The van der Waals surface area contributed by atoms with E-state index in [0.29, 0.717) is 22.3 Å². The number of nitrogens with one attached hydrogen (secondary N) is 1. The first-order valence-corrected chi connectivity index (χ1v) is 7.43. The van der Waals surface area contributed by atoms with E-state index < -0.39 is 0 Å². The Morgan fingerprint density at radius 1 is 1.45 bits per heavy atom. The third kappa shape index (κ3) is 4.09. The van der Waals surface area contributed by atoms with Crippen LogP contribution in [-0.2, 0) is 4.79 Å². The first-order chi connectivity index (χ1) is 9.60. The van der Waals surface area contributed by atoms with Crippen LogP contribution in [0, 0.1) is 5.92 Å². The molecule has 1 amide bonds. The summed E-state index contributed by atoms with van der Waals surface area (Å²) in [5, 5.41) is 12.7. The third-order valence-electron chi connectivity index (χ3n) is 3.45. The Morgan fingerprint density at radius 2 is 2.25 bits per heavy atom. The second kappa shape index (κ2) is 7.27. The van der Waals surface area contributed by atoms with Gasteiger partial charge in [-0.05, 0) is 37.4 Å². The summed E-state index contributed by atoms with van der Waals surface area (Å²) in [6.07, 6.45) is 2.03. The van der Waals surface area contributed by atoms with Crippen molar-refractivity contribution >= 4 is 34.8 Å². The molecule has 0 aliphatic carbocycles. The number of anilines is 1. The Bertz CT molecular complexity index is 482. The van der Waals surface area contributed by atoms with E-state index in [1.165, 1.54) is 0 Å². The first kappa shape index (κ1) is 15.6. The van der Waals surface area contributed by atoms with Crippen molar-refractivity contribution in [3.8, 4) is 0 Å². The lowest BCUT2D eigenvalue weighted by Gasteiger charge is -2.31. The Labute approximate surface area is 128 Å². The molecule has 1 fully saturated rings. The maximum atomic E-state index is 12.0. The van der Waals surface area contributed by atoms with Gasteiger partial charge in [-0.1, -0.05) is 29.3 Å². The second-order valence-electron chi connectivity index (χ2n) is 5.08. The predicted octanol–water partition coefficient (Wildman–Crippen LogP) is 2.64. The Hall–Kier alpha value is -0.810. The van der Waals surface area contributed by atoms with Crippen LogP contribution in [0.25, 0.3) is 0 Å². The number of amides is 1. The van der Waals surface area contributed by atoms with Crippen molar-refractivity contribution in [2.75, 3.05) is 31.6 Å². The summed E-state index contributed by atoms with van der Waals surface area (Å²) in [6.45, 7) is 2.12. The van der Waals surface area contributed by atoms with E-state index in [9.17, 15) is 9.90 Å². The zero-order valence-corrected chi connectivity index (χ0v) is 12.6. The summed E-state index contributed by atoms with van der Waals surface area (Å²) < 4.78 is 0. The first-order valence-electron chi connectivity index (χ1n) is 6.67. The zero-order chi connectivity index (χ0) is 14.5. The number of likely N-dealkylation sites (tertiary alicyclic amines) is 1. The second-order valence-corrected chi connectivity index (χ2v) is 5.86. The molecule has 0 aromatic heterocycles. The average molecular weight is 317 g/mol. The minimum atomic E-state index is -0.118. The molecule has 1 aromatic rings. The van der Waals surface area contributed by atoms with Gasteiger partial charge in [0.2, 0.25) is 5.91 Å². The van der Waals surface area contributed by atoms with E-state index in [2.05, 4.69) is 10.2 Å². The number of aliphatic hydroxyl groups is 1. The van der Waals surface area contributed by atoms with Crippen LogP contribution in [0.5, 0.6) is 0 Å². The van der Waals surface area contributed by atoms with E-state index in [0.717, 1.165) is 25.9 Å². The summed E-state index contributed by atoms with van der Waals surface area (Å²) >= 11 is 11.9. The number of piperidine rings is 1. The number of halogens is 2. The molecule has 110 valence electrons. The van der Waals surface area contributed by atoms with Gasteiger partial charge in [-0.25, -0.2) is 0 Å². The van der Waals surface area contributed by atoms with Crippen molar-refractivity contribution in [2.45, 2.75) is 12.8 Å². The van der Waals surface area contributed by atoms with Gasteiger partial charge in [0.05, 0.1) is 22.3 Å². The molecule has 2 N–H and O–H groups in total. The molecule has 4 nitrogen and oxygen atoms in total. The lowest BCUT2D eigenvalue weighted by atomic mass is 9.99.